The van der Waals surface area contributed by atoms with Crippen molar-refractivity contribution in [3.8, 4) is 0 Å². The van der Waals surface area contributed by atoms with Gasteiger partial charge >= 0.3 is 5.97 Å². The molecule has 0 radical (unpaired) electrons. The summed E-state index contributed by atoms with van der Waals surface area (Å²) in [5, 5.41) is 0.668. The van der Waals surface area contributed by atoms with Crippen molar-refractivity contribution in [3.05, 3.63) is 0 Å². The molecule has 2 unspecified atom stereocenters. The van der Waals surface area contributed by atoms with Crippen molar-refractivity contribution in [2.75, 3.05) is 26.0 Å². The zero-order valence-corrected chi connectivity index (χ0v) is 9.97. The van der Waals surface area contributed by atoms with Gasteiger partial charge in [-0.1, -0.05) is 6.92 Å². The fourth-order valence-electron chi connectivity index (χ4n) is 1.65. The number of ether oxygens (including phenoxy) is 1. The van der Waals surface area contributed by atoms with Gasteiger partial charge in [0.15, 0.2) is 0 Å². The van der Waals surface area contributed by atoms with Crippen LogP contribution < -0.4 is 0 Å². The van der Waals surface area contributed by atoms with E-state index in [1.165, 1.54) is 12.9 Å². The minimum absolute atomic E-state index is 0.108. The van der Waals surface area contributed by atoms with Gasteiger partial charge in [0.2, 0.25) is 0 Å². The molecule has 0 spiro atoms. The summed E-state index contributed by atoms with van der Waals surface area (Å²) in [6.07, 6.45) is 0.512. The molecule has 1 aliphatic rings. The van der Waals surface area contributed by atoms with E-state index in [0.29, 0.717) is 17.7 Å². The second kappa shape index (κ2) is 5.61. The SMILES string of the molecule is COC(=O)CCN1CCSC(C)C1C. The molecule has 4 heteroatoms. The summed E-state index contributed by atoms with van der Waals surface area (Å²) in [4.78, 5) is 13.4. The van der Waals surface area contributed by atoms with Crippen LogP contribution in [0.15, 0.2) is 0 Å². The predicted molar refractivity (Wildman–Crippen MR) is 59.6 cm³/mol. The lowest BCUT2D eigenvalue weighted by Crippen LogP contribution is -2.45. The van der Waals surface area contributed by atoms with Gasteiger partial charge in [0.05, 0.1) is 13.5 Å². The quantitative estimate of drug-likeness (QED) is 0.668. The van der Waals surface area contributed by atoms with Gasteiger partial charge in [-0.05, 0) is 6.92 Å². The summed E-state index contributed by atoms with van der Waals surface area (Å²) >= 11 is 2.01. The number of hydrogen-bond acceptors (Lipinski definition) is 4. The summed E-state index contributed by atoms with van der Waals surface area (Å²) in [7, 11) is 1.44. The second-order valence-electron chi connectivity index (χ2n) is 3.68. The molecule has 0 aromatic carbocycles. The molecule has 2 atom stereocenters. The Labute approximate surface area is 90.2 Å². The standard InChI is InChI=1S/C10H19NO2S/c1-8-9(2)14-7-6-11(8)5-4-10(12)13-3/h8-9H,4-7H2,1-3H3. The molecule has 1 saturated heterocycles. The van der Waals surface area contributed by atoms with Gasteiger partial charge in [0.1, 0.15) is 0 Å². The molecule has 1 fully saturated rings. The Hall–Kier alpha value is -0.220. The number of carbonyl (C=O) groups excluding carboxylic acids is 1. The molecule has 14 heavy (non-hydrogen) atoms. The molecule has 0 saturated carbocycles. The van der Waals surface area contributed by atoms with Crippen LogP contribution in [0.25, 0.3) is 0 Å². The first-order valence-electron chi connectivity index (χ1n) is 5.07. The van der Waals surface area contributed by atoms with E-state index in [9.17, 15) is 4.79 Å². The first-order valence-corrected chi connectivity index (χ1v) is 6.12. The molecule has 1 rings (SSSR count). The molecule has 0 aliphatic carbocycles. The number of methoxy groups -OCH3 is 1. The second-order valence-corrected chi connectivity index (χ2v) is 5.16. The summed E-state index contributed by atoms with van der Waals surface area (Å²) in [5.74, 6) is 1.07. The predicted octanol–water partition coefficient (Wildman–Crippen LogP) is 1.38. The Morgan fingerprint density at radius 3 is 2.93 bits per heavy atom. The molecule has 1 heterocycles. The Bertz CT molecular complexity index is 199. The first-order chi connectivity index (χ1) is 6.65. The lowest BCUT2D eigenvalue weighted by Gasteiger charge is -2.37. The highest BCUT2D eigenvalue weighted by molar-refractivity contribution is 8.00. The zero-order chi connectivity index (χ0) is 10.6. The van der Waals surface area contributed by atoms with Crippen molar-refractivity contribution in [2.45, 2.75) is 31.6 Å². The van der Waals surface area contributed by atoms with E-state index >= 15 is 0 Å². The lowest BCUT2D eigenvalue weighted by molar-refractivity contribution is -0.141. The van der Waals surface area contributed by atoms with Gasteiger partial charge < -0.3 is 4.74 Å². The van der Waals surface area contributed by atoms with Gasteiger partial charge in [0.25, 0.3) is 0 Å². The minimum Gasteiger partial charge on any atom is -0.469 e. The van der Waals surface area contributed by atoms with Crippen LogP contribution in [-0.4, -0.2) is 48.1 Å². The minimum atomic E-state index is -0.108. The topological polar surface area (TPSA) is 29.5 Å². The van der Waals surface area contributed by atoms with Crippen molar-refractivity contribution in [1.29, 1.82) is 0 Å². The van der Waals surface area contributed by atoms with E-state index in [2.05, 4.69) is 23.5 Å². The average Bonchev–Trinajstić information content (AvgIpc) is 2.20. The van der Waals surface area contributed by atoms with Crippen molar-refractivity contribution in [3.63, 3.8) is 0 Å². The van der Waals surface area contributed by atoms with Crippen LogP contribution in [-0.2, 0) is 9.53 Å². The molecular formula is C10H19NO2S. The Kier molecular flexibility index (Phi) is 4.75. The van der Waals surface area contributed by atoms with Gasteiger partial charge in [-0.25, -0.2) is 0 Å². The molecule has 0 aromatic rings. The van der Waals surface area contributed by atoms with E-state index in [1.54, 1.807) is 0 Å². The van der Waals surface area contributed by atoms with Crippen LogP contribution >= 0.6 is 11.8 Å². The van der Waals surface area contributed by atoms with E-state index in [4.69, 9.17) is 0 Å². The lowest BCUT2D eigenvalue weighted by atomic mass is 10.2. The molecule has 0 aromatic heterocycles. The molecule has 0 bridgehead atoms. The van der Waals surface area contributed by atoms with Crippen LogP contribution in [0.2, 0.25) is 0 Å². The van der Waals surface area contributed by atoms with E-state index in [1.807, 2.05) is 11.8 Å². The van der Waals surface area contributed by atoms with Crippen molar-refractivity contribution >= 4 is 17.7 Å². The maximum Gasteiger partial charge on any atom is 0.306 e. The third kappa shape index (κ3) is 3.17. The summed E-state index contributed by atoms with van der Waals surface area (Å²) in [6.45, 7) is 6.40. The maximum absolute atomic E-state index is 11.0. The summed E-state index contributed by atoms with van der Waals surface area (Å²) in [6, 6.07) is 0.568. The van der Waals surface area contributed by atoms with Crippen molar-refractivity contribution in [1.82, 2.24) is 4.90 Å². The number of rotatable bonds is 3. The molecule has 1 aliphatic heterocycles. The highest BCUT2D eigenvalue weighted by atomic mass is 32.2. The first kappa shape index (κ1) is 11.9. The number of thioether (sulfide) groups is 1. The largest absolute Gasteiger partial charge is 0.469 e. The highest BCUT2D eigenvalue weighted by Gasteiger charge is 2.25. The van der Waals surface area contributed by atoms with E-state index < -0.39 is 0 Å². The average molecular weight is 217 g/mol. The summed E-state index contributed by atoms with van der Waals surface area (Å²) < 4.78 is 4.63. The van der Waals surface area contributed by atoms with E-state index in [-0.39, 0.29) is 5.97 Å². The molecule has 3 nitrogen and oxygen atoms in total. The van der Waals surface area contributed by atoms with Crippen molar-refractivity contribution < 1.29 is 9.53 Å². The van der Waals surface area contributed by atoms with Gasteiger partial charge in [-0.15, -0.1) is 0 Å². The van der Waals surface area contributed by atoms with Crippen LogP contribution in [0.5, 0.6) is 0 Å². The van der Waals surface area contributed by atoms with Gasteiger partial charge in [0, 0.05) is 30.1 Å². The van der Waals surface area contributed by atoms with Crippen LogP contribution in [0, 0.1) is 0 Å². The molecule has 82 valence electrons. The number of carbonyl (C=O) groups is 1. The highest BCUT2D eigenvalue weighted by Crippen LogP contribution is 2.23. The van der Waals surface area contributed by atoms with Crippen LogP contribution in [0.3, 0.4) is 0 Å². The van der Waals surface area contributed by atoms with Gasteiger partial charge in [-0.2, -0.15) is 11.8 Å². The number of hydrogen-bond donors (Lipinski definition) is 0. The fourth-order valence-corrected chi connectivity index (χ4v) is 2.81. The zero-order valence-electron chi connectivity index (χ0n) is 9.16. The molecular weight excluding hydrogens is 198 g/mol. The monoisotopic (exact) mass is 217 g/mol. The number of esters is 1. The summed E-state index contributed by atoms with van der Waals surface area (Å²) in [5.41, 5.74) is 0. The van der Waals surface area contributed by atoms with Gasteiger partial charge in [-0.3, -0.25) is 9.69 Å². The molecule has 0 N–H and O–H groups in total. The Morgan fingerprint density at radius 2 is 2.29 bits per heavy atom. The normalized spacial score (nSPS) is 28.8. The van der Waals surface area contributed by atoms with Crippen LogP contribution in [0.1, 0.15) is 20.3 Å². The fraction of sp³-hybridized carbons (Fsp3) is 0.900. The van der Waals surface area contributed by atoms with Crippen LogP contribution in [0.4, 0.5) is 0 Å². The number of nitrogens with zero attached hydrogens (tertiary/aromatic N) is 1. The third-order valence-corrected chi connectivity index (χ3v) is 4.18. The third-order valence-electron chi connectivity index (χ3n) is 2.85. The van der Waals surface area contributed by atoms with Crippen molar-refractivity contribution in [2.24, 2.45) is 0 Å². The Morgan fingerprint density at radius 1 is 1.57 bits per heavy atom. The maximum atomic E-state index is 11.0. The molecule has 0 amide bonds. The van der Waals surface area contributed by atoms with E-state index in [0.717, 1.165) is 13.1 Å². The Balaban J connectivity index is 2.32. The smallest absolute Gasteiger partial charge is 0.306 e.